The van der Waals surface area contributed by atoms with E-state index < -0.39 is 35.3 Å². The molecule has 1 N–H and O–H groups in total. The normalized spacial score (nSPS) is 28.3. The number of hydrogen-bond donors (Lipinski definition) is 1. The summed E-state index contributed by atoms with van der Waals surface area (Å²) in [6.45, 7) is 2.09. The van der Waals surface area contributed by atoms with Crippen LogP contribution in [0, 0.1) is 29.3 Å². The summed E-state index contributed by atoms with van der Waals surface area (Å²) in [5.74, 6) is -3.22. The van der Waals surface area contributed by atoms with Gasteiger partial charge in [-0.25, -0.2) is 22.0 Å². The van der Waals surface area contributed by atoms with Gasteiger partial charge in [0.2, 0.25) is 0 Å². The Labute approximate surface area is 250 Å². The molecule has 4 aromatic rings. The van der Waals surface area contributed by atoms with Crippen LogP contribution in [-0.4, -0.2) is 70.6 Å². The molecule has 44 heavy (non-hydrogen) atoms. The second kappa shape index (κ2) is 10.2. The predicted octanol–water partition coefficient (Wildman–Crippen LogP) is 6.71. The van der Waals surface area contributed by atoms with Crippen LogP contribution in [0.1, 0.15) is 32.1 Å². The van der Waals surface area contributed by atoms with Crippen molar-refractivity contribution in [2.24, 2.45) is 11.8 Å². The number of rotatable bonds is 5. The zero-order valence-electron chi connectivity index (χ0n) is 23.9. The first-order valence-corrected chi connectivity index (χ1v) is 15.2. The quantitative estimate of drug-likeness (QED) is 0.254. The lowest BCUT2D eigenvalue weighted by Crippen LogP contribution is -2.44. The average molecular weight is 611 g/mol. The smallest absolute Gasteiger partial charge is 0.319 e. The van der Waals surface area contributed by atoms with Crippen LogP contribution in [0.5, 0.6) is 11.8 Å². The first-order chi connectivity index (χ1) is 21.2. The molecule has 6 nitrogen and oxygen atoms in total. The standard InChI is InChI=1S/C33H31F5N4O2/c34-20-12-33(8-1-9-42(33)15-20)16-44-32-39-30-23(31(40-32)41-13-18-2-3-19(14-41)27(18)36)6-5-22(28(30)37)24-11-21(43)10-17-4-7-25(35)29(38)26(17)24/h4-7,10-11,18-20,27,43H,1-3,8-9,12-16H2/t18-,19+,20-,27?,33+/m1/s1. The summed E-state index contributed by atoms with van der Waals surface area (Å²) in [4.78, 5) is 13.2. The monoisotopic (exact) mass is 610 g/mol. The van der Waals surface area contributed by atoms with E-state index in [4.69, 9.17) is 9.72 Å². The lowest BCUT2D eigenvalue weighted by molar-refractivity contribution is 0.107. The first kappa shape index (κ1) is 27.8. The van der Waals surface area contributed by atoms with Crippen LogP contribution < -0.4 is 9.64 Å². The SMILES string of the molecule is Oc1cc(-c2ccc3c(N4C[C@H]5CC[C@@H](C4)C5F)nc(OC[C@@]45CCCN4C[C@H](F)C5)nc3c2F)c2c(F)c(F)ccc2c1. The highest BCUT2D eigenvalue weighted by atomic mass is 19.2. The van der Waals surface area contributed by atoms with E-state index in [1.807, 2.05) is 4.90 Å². The zero-order valence-corrected chi connectivity index (χ0v) is 23.9. The van der Waals surface area contributed by atoms with Gasteiger partial charge in [-0.2, -0.15) is 9.97 Å². The van der Waals surface area contributed by atoms with Crippen molar-refractivity contribution in [1.82, 2.24) is 14.9 Å². The Balaban J connectivity index is 1.26. The molecule has 3 aromatic carbocycles. The molecule has 1 unspecified atom stereocenters. The fourth-order valence-electron chi connectivity index (χ4n) is 8.21. The molecule has 5 atom stereocenters. The molecule has 230 valence electrons. The number of ether oxygens (including phenoxy) is 1. The highest BCUT2D eigenvalue weighted by Gasteiger charge is 2.49. The maximum atomic E-state index is 16.6. The predicted molar refractivity (Wildman–Crippen MR) is 156 cm³/mol. The number of aromatic nitrogens is 2. The van der Waals surface area contributed by atoms with E-state index in [1.54, 1.807) is 6.07 Å². The number of fused-ring (bicyclic) bond motifs is 5. The van der Waals surface area contributed by atoms with Crippen molar-refractivity contribution in [3.05, 3.63) is 53.8 Å². The number of aromatic hydroxyl groups is 1. The van der Waals surface area contributed by atoms with Crippen LogP contribution >= 0.6 is 0 Å². The maximum absolute atomic E-state index is 16.6. The molecule has 11 heteroatoms. The lowest BCUT2D eigenvalue weighted by atomic mass is 9.94. The summed E-state index contributed by atoms with van der Waals surface area (Å²) >= 11 is 0. The summed E-state index contributed by atoms with van der Waals surface area (Å²) < 4.78 is 81.4. The first-order valence-electron chi connectivity index (χ1n) is 15.2. The van der Waals surface area contributed by atoms with Crippen molar-refractivity contribution in [2.75, 3.05) is 37.7 Å². The van der Waals surface area contributed by atoms with Crippen molar-refractivity contribution in [3.8, 4) is 22.9 Å². The van der Waals surface area contributed by atoms with Crippen molar-refractivity contribution >= 4 is 27.5 Å². The van der Waals surface area contributed by atoms with E-state index in [9.17, 15) is 18.3 Å². The Morgan fingerprint density at radius 3 is 2.52 bits per heavy atom. The highest BCUT2D eigenvalue weighted by Crippen LogP contribution is 2.44. The molecule has 4 heterocycles. The Kier molecular flexibility index (Phi) is 6.41. The van der Waals surface area contributed by atoms with Crippen LogP contribution in [0.15, 0.2) is 36.4 Å². The van der Waals surface area contributed by atoms with Crippen molar-refractivity contribution in [2.45, 2.75) is 50.0 Å². The van der Waals surface area contributed by atoms with Crippen molar-refractivity contribution < 1.29 is 31.8 Å². The van der Waals surface area contributed by atoms with Crippen LogP contribution in [0.3, 0.4) is 0 Å². The molecule has 0 spiro atoms. The third-order valence-electron chi connectivity index (χ3n) is 10.3. The molecule has 3 saturated heterocycles. The second-order valence-corrected chi connectivity index (χ2v) is 12.9. The average Bonchev–Trinajstić information content (AvgIpc) is 3.58. The van der Waals surface area contributed by atoms with Crippen LogP contribution in [-0.2, 0) is 0 Å². The van der Waals surface area contributed by atoms with Crippen LogP contribution in [0.2, 0.25) is 0 Å². The van der Waals surface area contributed by atoms with Gasteiger partial charge in [0.25, 0.3) is 0 Å². The van der Waals surface area contributed by atoms with Crippen LogP contribution in [0.25, 0.3) is 32.8 Å². The number of anilines is 1. The molecule has 0 amide bonds. The van der Waals surface area contributed by atoms with Gasteiger partial charge >= 0.3 is 6.01 Å². The number of alkyl halides is 2. The van der Waals surface area contributed by atoms with Gasteiger partial charge in [-0.15, -0.1) is 0 Å². The summed E-state index contributed by atoms with van der Waals surface area (Å²) in [6, 6.07) is 7.73. The molecule has 8 rings (SSSR count). The number of benzene rings is 3. The minimum atomic E-state index is -1.16. The van der Waals surface area contributed by atoms with E-state index in [-0.39, 0.29) is 57.6 Å². The number of phenols is 1. The van der Waals surface area contributed by atoms with Crippen molar-refractivity contribution in [3.63, 3.8) is 0 Å². The molecule has 4 aliphatic rings. The van der Waals surface area contributed by atoms with Crippen LogP contribution in [0.4, 0.5) is 27.8 Å². The number of nitrogens with zero attached hydrogens (tertiary/aromatic N) is 4. The third kappa shape index (κ3) is 4.29. The topological polar surface area (TPSA) is 61.7 Å². The number of halogens is 5. The Hall–Kier alpha value is -3.73. The molecule has 2 bridgehead atoms. The molecule has 1 aliphatic carbocycles. The molecular formula is C33H31F5N4O2. The third-order valence-corrected chi connectivity index (χ3v) is 10.3. The molecule has 4 fully saturated rings. The van der Waals surface area contributed by atoms with E-state index in [1.165, 1.54) is 24.3 Å². The van der Waals surface area contributed by atoms with Gasteiger partial charge in [-0.3, -0.25) is 4.90 Å². The highest BCUT2D eigenvalue weighted by molar-refractivity contribution is 6.01. The Morgan fingerprint density at radius 2 is 1.73 bits per heavy atom. The van der Waals surface area contributed by atoms with E-state index in [2.05, 4.69) is 9.88 Å². The van der Waals surface area contributed by atoms with E-state index >= 15 is 8.78 Å². The van der Waals surface area contributed by atoms with Gasteiger partial charge in [0.05, 0.1) is 5.54 Å². The summed E-state index contributed by atoms with van der Waals surface area (Å²) in [6.07, 6.45) is 1.72. The number of piperidine rings is 1. The van der Waals surface area contributed by atoms with Gasteiger partial charge in [0, 0.05) is 54.2 Å². The van der Waals surface area contributed by atoms with Gasteiger partial charge in [-0.1, -0.05) is 12.1 Å². The molecule has 1 aromatic heterocycles. The number of hydrogen-bond acceptors (Lipinski definition) is 6. The Morgan fingerprint density at radius 1 is 0.932 bits per heavy atom. The molecular weight excluding hydrogens is 579 g/mol. The Bertz CT molecular complexity index is 1790. The fraction of sp³-hybridized carbons (Fsp3) is 0.455. The van der Waals surface area contributed by atoms with E-state index in [0.717, 1.165) is 38.3 Å². The van der Waals surface area contributed by atoms with Gasteiger partial charge in [-0.05, 0) is 67.4 Å². The minimum Gasteiger partial charge on any atom is -0.508 e. The number of phenolic OH excluding ortho intramolecular Hbond substituents is 1. The van der Waals surface area contributed by atoms with Crippen molar-refractivity contribution in [1.29, 1.82) is 0 Å². The van der Waals surface area contributed by atoms with Gasteiger partial charge < -0.3 is 14.7 Å². The molecule has 0 radical (unpaired) electrons. The summed E-state index contributed by atoms with van der Waals surface area (Å²) in [7, 11) is 0. The lowest BCUT2D eigenvalue weighted by Gasteiger charge is -2.36. The summed E-state index contributed by atoms with van der Waals surface area (Å²) in [5, 5.41) is 10.8. The molecule has 3 aliphatic heterocycles. The van der Waals surface area contributed by atoms with Gasteiger partial charge in [0.1, 0.15) is 36.0 Å². The van der Waals surface area contributed by atoms with E-state index in [0.29, 0.717) is 37.3 Å². The second-order valence-electron chi connectivity index (χ2n) is 12.9. The fourth-order valence-corrected chi connectivity index (χ4v) is 8.21. The van der Waals surface area contributed by atoms with Gasteiger partial charge in [0.15, 0.2) is 17.5 Å². The maximum Gasteiger partial charge on any atom is 0.319 e. The largest absolute Gasteiger partial charge is 0.508 e. The molecule has 1 saturated carbocycles. The minimum absolute atomic E-state index is 0.0317. The zero-order chi connectivity index (χ0) is 30.3. The summed E-state index contributed by atoms with van der Waals surface area (Å²) in [5.41, 5.74) is -0.694.